The summed E-state index contributed by atoms with van der Waals surface area (Å²) in [6, 6.07) is 5.12. The second-order valence-electron chi connectivity index (χ2n) is 15.0. The number of benzene rings is 1. The fourth-order valence-corrected chi connectivity index (χ4v) is 6.93. The Morgan fingerprint density at radius 1 is 0.648 bits per heavy atom. The van der Waals surface area contributed by atoms with E-state index in [1.165, 1.54) is 0 Å². The van der Waals surface area contributed by atoms with Crippen LogP contribution in [0.5, 0.6) is 5.75 Å². The lowest BCUT2D eigenvalue weighted by Gasteiger charge is -2.28. The molecule has 2 rings (SSSR count). The summed E-state index contributed by atoms with van der Waals surface area (Å²) in [5, 5.41) is 30.5. The highest BCUT2D eigenvalue weighted by Crippen LogP contribution is 2.28. The van der Waals surface area contributed by atoms with Crippen molar-refractivity contribution in [3.63, 3.8) is 0 Å². The third-order valence-electron chi connectivity index (χ3n) is 10.4. The zero-order valence-electron chi connectivity index (χ0n) is 32.6. The predicted octanol–water partition coefficient (Wildman–Crippen LogP) is 4.58. The van der Waals surface area contributed by atoms with Crippen molar-refractivity contribution >= 4 is 29.6 Å². The fraction of sp³-hybridized carbons (Fsp3) is 0.732. The smallest absolute Gasteiger partial charge is 0.326 e. The van der Waals surface area contributed by atoms with Gasteiger partial charge in [0.1, 0.15) is 17.8 Å². The number of phenolic OH excluding ortho intramolecular Hbond substituents is 1. The van der Waals surface area contributed by atoms with Crippen LogP contribution in [0.25, 0.3) is 0 Å². The Bertz CT molecular complexity index is 1220. The summed E-state index contributed by atoms with van der Waals surface area (Å²) in [7, 11) is 0. The number of carbonyl (C=O) groups excluding carboxylic acids is 4. The van der Waals surface area contributed by atoms with Gasteiger partial charge in [0.15, 0.2) is 0 Å². The van der Waals surface area contributed by atoms with Crippen LogP contribution in [0.15, 0.2) is 24.3 Å². The molecular formula is C41H70N6O7. The largest absolute Gasteiger partial charge is 0.508 e. The molecular weight excluding hydrogens is 688 g/mol. The molecule has 1 aromatic rings. The first-order valence-corrected chi connectivity index (χ1v) is 20.7. The highest BCUT2D eigenvalue weighted by molar-refractivity contribution is 5.88. The average molecular weight is 759 g/mol. The van der Waals surface area contributed by atoms with Crippen molar-refractivity contribution in [1.29, 1.82) is 0 Å². The van der Waals surface area contributed by atoms with E-state index in [9.17, 15) is 34.2 Å². The van der Waals surface area contributed by atoms with E-state index in [0.29, 0.717) is 64.2 Å². The monoisotopic (exact) mass is 759 g/mol. The van der Waals surface area contributed by atoms with Gasteiger partial charge in [-0.25, -0.2) is 4.79 Å². The van der Waals surface area contributed by atoms with Gasteiger partial charge in [-0.05, 0) is 107 Å². The summed E-state index contributed by atoms with van der Waals surface area (Å²) in [5.74, 6) is -0.974. The van der Waals surface area contributed by atoms with Gasteiger partial charge >= 0.3 is 5.97 Å². The summed E-state index contributed by atoms with van der Waals surface area (Å²) < 4.78 is 0. The lowest BCUT2D eigenvalue weighted by molar-refractivity contribution is -0.142. The van der Waals surface area contributed by atoms with Crippen LogP contribution in [-0.4, -0.2) is 78.1 Å². The Labute approximate surface area is 322 Å². The maximum atomic E-state index is 13.2. The molecule has 1 aliphatic rings. The molecule has 0 radical (unpaired) electrons. The van der Waals surface area contributed by atoms with Crippen molar-refractivity contribution in [2.45, 2.75) is 153 Å². The number of carboxylic acids is 1. The Kier molecular flexibility index (Phi) is 24.7. The fourth-order valence-electron chi connectivity index (χ4n) is 6.93. The van der Waals surface area contributed by atoms with Gasteiger partial charge in [-0.1, -0.05) is 63.5 Å². The second kappa shape index (κ2) is 28.7. The van der Waals surface area contributed by atoms with Crippen LogP contribution >= 0.6 is 0 Å². The Balaban J connectivity index is 1.48. The maximum absolute atomic E-state index is 13.2. The number of carbonyl (C=O) groups is 5. The number of unbranched alkanes of at least 4 members (excludes halogenated alkanes) is 11. The topological polar surface area (TPSA) is 226 Å². The normalized spacial score (nSPS) is 16.6. The lowest BCUT2D eigenvalue weighted by Crippen LogP contribution is -2.50. The molecule has 13 nitrogen and oxygen atoms in total. The number of aromatic hydroxyl groups is 1. The molecule has 1 aliphatic carbocycles. The van der Waals surface area contributed by atoms with Gasteiger partial charge < -0.3 is 42.9 Å². The maximum Gasteiger partial charge on any atom is 0.326 e. The molecule has 0 spiro atoms. The molecule has 0 aliphatic heterocycles. The number of nitrogens with one attached hydrogen (secondary N) is 4. The van der Waals surface area contributed by atoms with Crippen LogP contribution in [0.4, 0.5) is 0 Å². The zero-order valence-corrected chi connectivity index (χ0v) is 32.6. The number of nitrogens with two attached hydrogens (primary N) is 2. The van der Waals surface area contributed by atoms with Crippen molar-refractivity contribution in [2.24, 2.45) is 23.3 Å². The summed E-state index contributed by atoms with van der Waals surface area (Å²) in [4.78, 5) is 61.9. The summed E-state index contributed by atoms with van der Waals surface area (Å²) in [6.07, 6.45) is 18.0. The summed E-state index contributed by atoms with van der Waals surface area (Å²) >= 11 is 0. The van der Waals surface area contributed by atoms with Crippen LogP contribution in [0, 0.1) is 11.8 Å². The van der Waals surface area contributed by atoms with Crippen molar-refractivity contribution in [1.82, 2.24) is 21.3 Å². The number of hydrogen-bond acceptors (Lipinski definition) is 8. The molecule has 2 atom stereocenters. The van der Waals surface area contributed by atoms with Gasteiger partial charge in [0.05, 0.1) is 0 Å². The van der Waals surface area contributed by atoms with E-state index in [0.717, 1.165) is 115 Å². The SMILES string of the molecule is NCCCC[C@H](NC(=O)CCCCCCCCCCCNC(=O)CCCCCNC(=O)[C@H](Cc1ccc(O)cc1)NC(=O)C1CCC(CN)CC1)C(=O)O. The molecule has 54 heavy (non-hydrogen) atoms. The first-order valence-electron chi connectivity index (χ1n) is 20.7. The van der Waals surface area contributed by atoms with Crippen LogP contribution in [0.1, 0.15) is 140 Å². The summed E-state index contributed by atoms with van der Waals surface area (Å²) in [5.41, 5.74) is 12.1. The third-order valence-corrected chi connectivity index (χ3v) is 10.4. The van der Waals surface area contributed by atoms with E-state index in [-0.39, 0.29) is 35.3 Å². The number of aliphatic carboxylic acids is 1. The third kappa shape index (κ3) is 21.2. The van der Waals surface area contributed by atoms with Gasteiger partial charge in [0.25, 0.3) is 0 Å². The van der Waals surface area contributed by atoms with E-state index >= 15 is 0 Å². The van der Waals surface area contributed by atoms with Gasteiger partial charge in [-0.3, -0.25) is 19.2 Å². The number of phenols is 1. The number of carboxylic acid groups (broad SMARTS) is 1. The van der Waals surface area contributed by atoms with E-state index in [4.69, 9.17) is 11.5 Å². The van der Waals surface area contributed by atoms with Gasteiger partial charge in [-0.2, -0.15) is 0 Å². The molecule has 306 valence electrons. The standard InChI is InChI=1S/C41H70N6O7/c42-26-12-11-15-35(41(53)54)46-38(50)17-9-6-4-2-1-3-5-7-13-27-44-37(49)16-10-8-14-28-45-40(52)36(29-31-20-24-34(48)25-21-31)47-39(51)33-22-18-32(30-43)19-23-33/h20-21,24-25,32-33,35-36,48H,1-19,22-23,26-30,42-43H2,(H,44,49)(H,45,52)(H,46,50)(H,47,51)(H,53,54)/t32?,33?,35-,36-/m0/s1. The molecule has 1 aromatic carbocycles. The first-order chi connectivity index (χ1) is 26.1. The zero-order chi connectivity index (χ0) is 39.4. The van der Waals surface area contributed by atoms with E-state index in [1.807, 2.05) is 0 Å². The van der Waals surface area contributed by atoms with Crippen LogP contribution in [0.2, 0.25) is 0 Å². The molecule has 1 fully saturated rings. The van der Waals surface area contributed by atoms with E-state index in [1.54, 1.807) is 24.3 Å². The Hall–Kier alpha value is -3.71. The van der Waals surface area contributed by atoms with Crippen molar-refractivity contribution < 1.29 is 34.2 Å². The van der Waals surface area contributed by atoms with E-state index < -0.39 is 18.1 Å². The lowest BCUT2D eigenvalue weighted by atomic mass is 9.81. The minimum absolute atomic E-state index is 0.0509. The van der Waals surface area contributed by atoms with Crippen LogP contribution in [-0.2, 0) is 30.4 Å². The molecule has 10 N–H and O–H groups in total. The number of rotatable bonds is 30. The number of hydrogen-bond donors (Lipinski definition) is 8. The molecule has 13 heteroatoms. The van der Waals surface area contributed by atoms with Gasteiger partial charge in [0.2, 0.25) is 23.6 Å². The molecule has 4 amide bonds. The molecule has 1 saturated carbocycles. The minimum atomic E-state index is -0.995. The second-order valence-corrected chi connectivity index (χ2v) is 15.0. The van der Waals surface area contributed by atoms with Crippen molar-refractivity contribution in [2.75, 3.05) is 26.2 Å². The number of amides is 4. The van der Waals surface area contributed by atoms with Gasteiger partial charge in [0, 0.05) is 38.3 Å². The molecule has 0 aromatic heterocycles. The molecule has 0 saturated heterocycles. The highest BCUT2D eigenvalue weighted by atomic mass is 16.4. The molecule has 0 heterocycles. The Morgan fingerprint density at radius 3 is 1.80 bits per heavy atom. The van der Waals surface area contributed by atoms with Gasteiger partial charge in [-0.15, -0.1) is 0 Å². The van der Waals surface area contributed by atoms with E-state index in [2.05, 4.69) is 21.3 Å². The first kappa shape index (κ1) is 46.4. The van der Waals surface area contributed by atoms with Crippen LogP contribution < -0.4 is 32.7 Å². The highest BCUT2D eigenvalue weighted by Gasteiger charge is 2.29. The summed E-state index contributed by atoms with van der Waals surface area (Å²) in [6.45, 7) is 2.30. The van der Waals surface area contributed by atoms with Crippen molar-refractivity contribution in [3.8, 4) is 5.75 Å². The minimum Gasteiger partial charge on any atom is -0.508 e. The average Bonchev–Trinajstić information content (AvgIpc) is 3.16. The predicted molar refractivity (Wildman–Crippen MR) is 211 cm³/mol. The van der Waals surface area contributed by atoms with Crippen molar-refractivity contribution in [3.05, 3.63) is 29.8 Å². The Morgan fingerprint density at radius 2 is 1.20 bits per heavy atom. The molecule has 0 unspecified atom stereocenters. The molecule has 0 bridgehead atoms. The van der Waals surface area contributed by atoms with Crippen LogP contribution in [0.3, 0.4) is 0 Å². The quantitative estimate of drug-likeness (QED) is 0.0514.